The highest BCUT2D eigenvalue weighted by molar-refractivity contribution is 5.97. The number of hydrogen-bond acceptors (Lipinski definition) is 6. The molecule has 0 saturated carbocycles. The molecule has 6 nitrogen and oxygen atoms in total. The minimum atomic E-state index is -0.299. The molecule has 2 aromatic rings. The molecule has 0 aromatic heterocycles. The van der Waals surface area contributed by atoms with Gasteiger partial charge < -0.3 is 24.3 Å². The number of cyclic esters (lactones) is 1. The maximum Gasteiger partial charge on any atom is 0.337 e. The number of benzene rings is 2. The molecule has 5 rings (SSSR count). The molecule has 0 bridgehead atoms. The molecule has 0 saturated heterocycles. The van der Waals surface area contributed by atoms with Crippen LogP contribution < -0.4 is 19.5 Å². The zero-order valence-corrected chi connectivity index (χ0v) is 14.2. The van der Waals surface area contributed by atoms with Gasteiger partial charge in [0.25, 0.3) is 0 Å². The first-order chi connectivity index (χ1) is 12.8. The Labute approximate surface area is 150 Å². The topological polar surface area (TPSA) is 66.0 Å². The van der Waals surface area contributed by atoms with Crippen molar-refractivity contribution in [3.63, 3.8) is 0 Å². The first kappa shape index (κ1) is 15.1. The van der Waals surface area contributed by atoms with Gasteiger partial charge in [-0.3, -0.25) is 0 Å². The summed E-state index contributed by atoms with van der Waals surface area (Å²) >= 11 is 0. The van der Waals surface area contributed by atoms with E-state index in [1.54, 1.807) is 0 Å². The quantitative estimate of drug-likeness (QED) is 0.857. The van der Waals surface area contributed by atoms with Crippen LogP contribution in [0.1, 0.15) is 24.0 Å². The smallest absolute Gasteiger partial charge is 0.337 e. The van der Waals surface area contributed by atoms with E-state index in [1.807, 2.05) is 43.3 Å². The maximum absolute atomic E-state index is 12.5. The van der Waals surface area contributed by atoms with E-state index in [2.05, 4.69) is 5.32 Å². The third kappa shape index (κ3) is 2.15. The SMILES string of the molecule is CCOc1ccccc1[C@@H]1C2=C(COC2=O)Nc2cc3c(cc21)OCO3. The fourth-order valence-corrected chi connectivity index (χ4v) is 3.76. The standard InChI is InChI=1S/C20H17NO5/c1-2-23-15-6-4-3-5-11(15)18-12-7-16-17(26-10-25-16)8-13(12)21-14-9-24-20(22)19(14)18/h3-8,18,21H,2,9-10H2,1H3/t18-/m0/s1. The van der Waals surface area contributed by atoms with E-state index in [0.717, 1.165) is 28.3 Å². The summed E-state index contributed by atoms with van der Waals surface area (Å²) in [5.74, 6) is 1.56. The van der Waals surface area contributed by atoms with Crippen LogP contribution in [0.2, 0.25) is 0 Å². The summed E-state index contributed by atoms with van der Waals surface area (Å²) in [6.07, 6.45) is 0. The molecule has 3 heterocycles. The van der Waals surface area contributed by atoms with Gasteiger partial charge in [0, 0.05) is 23.2 Å². The Bertz CT molecular complexity index is 949. The van der Waals surface area contributed by atoms with Crippen molar-refractivity contribution in [1.82, 2.24) is 0 Å². The van der Waals surface area contributed by atoms with Crippen molar-refractivity contribution in [2.24, 2.45) is 0 Å². The number of esters is 1. The largest absolute Gasteiger partial charge is 0.494 e. The summed E-state index contributed by atoms with van der Waals surface area (Å²) in [6.45, 7) is 2.94. The number of carbonyl (C=O) groups excluding carboxylic acids is 1. The van der Waals surface area contributed by atoms with E-state index >= 15 is 0 Å². The summed E-state index contributed by atoms with van der Waals surface area (Å²) in [4.78, 5) is 12.5. The number of para-hydroxylation sites is 1. The molecule has 0 unspecified atom stereocenters. The number of rotatable bonds is 3. The second-order valence-corrected chi connectivity index (χ2v) is 6.29. The summed E-state index contributed by atoms with van der Waals surface area (Å²) < 4.78 is 22.2. The van der Waals surface area contributed by atoms with E-state index in [9.17, 15) is 4.79 Å². The lowest BCUT2D eigenvalue weighted by Crippen LogP contribution is -2.20. The van der Waals surface area contributed by atoms with Gasteiger partial charge in [0.05, 0.1) is 17.9 Å². The molecular formula is C20H17NO5. The Morgan fingerprint density at radius 3 is 2.77 bits per heavy atom. The third-order valence-electron chi connectivity index (χ3n) is 4.85. The van der Waals surface area contributed by atoms with Gasteiger partial charge in [0.1, 0.15) is 12.4 Å². The average molecular weight is 351 g/mol. The molecule has 3 aliphatic rings. The van der Waals surface area contributed by atoms with E-state index in [0.29, 0.717) is 23.7 Å². The van der Waals surface area contributed by atoms with Crippen LogP contribution in [-0.2, 0) is 9.53 Å². The monoisotopic (exact) mass is 351 g/mol. The molecule has 0 aliphatic carbocycles. The van der Waals surface area contributed by atoms with Gasteiger partial charge in [-0.15, -0.1) is 0 Å². The minimum absolute atomic E-state index is 0.202. The van der Waals surface area contributed by atoms with Crippen LogP contribution in [0.25, 0.3) is 0 Å². The number of carbonyl (C=O) groups is 1. The number of nitrogens with one attached hydrogen (secondary N) is 1. The first-order valence-corrected chi connectivity index (χ1v) is 8.58. The Hall–Kier alpha value is -3.15. The van der Waals surface area contributed by atoms with Crippen molar-refractivity contribution in [3.8, 4) is 17.2 Å². The van der Waals surface area contributed by atoms with Crippen LogP contribution in [0.3, 0.4) is 0 Å². The van der Waals surface area contributed by atoms with Gasteiger partial charge in [-0.25, -0.2) is 4.79 Å². The molecule has 3 aliphatic heterocycles. The zero-order valence-electron chi connectivity index (χ0n) is 14.2. The second-order valence-electron chi connectivity index (χ2n) is 6.29. The Morgan fingerprint density at radius 1 is 1.12 bits per heavy atom. The highest BCUT2D eigenvalue weighted by Gasteiger charge is 2.40. The van der Waals surface area contributed by atoms with E-state index < -0.39 is 0 Å². The van der Waals surface area contributed by atoms with Gasteiger partial charge in [0.2, 0.25) is 6.79 Å². The predicted molar refractivity (Wildman–Crippen MR) is 93.6 cm³/mol. The molecule has 0 spiro atoms. The van der Waals surface area contributed by atoms with Gasteiger partial charge in [-0.2, -0.15) is 0 Å². The minimum Gasteiger partial charge on any atom is -0.494 e. The number of anilines is 1. The third-order valence-corrected chi connectivity index (χ3v) is 4.85. The fourth-order valence-electron chi connectivity index (χ4n) is 3.76. The van der Waals surface area contributed by atoms with E-state index in [4.69, 9.17) is 18.9 Å². The average Bonchev–Trinajstić information content (AvgIpc) is 3.25. The van der Waals surface area contributed by atoms with Crippen molar-refractivity contribution in [2.75, 3.05) is 25.3 Å². The number of hydrogen-bond donors (Lipinski definition) is 1. The van der Waals surface area contributed by atoms with Crippen LogP contribution in [0.4, 0.5) is 5.69 Å². The Balaban J connectivity index is 1.73. The fraction of sp³-hybridized carbons (Fsp3) is 0.250. The lowest BCUT2D eigenvalue weighted by atomic mass is 9.80. The van der Waals surface area contributed by atoms with Crippen molar-refractivity contribution in [1.29, 1.82) is 0 Å². The highest BCUT2D eigenvalue weighted by Crippen LogP contribution is 2.50. The Morgan fingerprint density at radius 2 is 1.92 bits per heavy atom. The van der Waals surface area contributed by atoms with Crippen molar-refractivity contribution >= 4 is 11.7 Å². The van der Waals surface area contributed by atoms with Gasteiger partial charge in [-0.05, 0) is 24.6 Å². The number of fused-ring (bicyclic) bond motifs is 2. The molecular weight excluding hydrogens is 334 g/mol. The highest BCUT2D eigenvalue weighted by atomic mass is 16.7. The molecule has 0 radical (unpaired) electrons. The van der Waals surface area contributed by atoms with Crippen LogP contribution in [0, 0.1) is 0 Å². The molecule has 0 amide bonds. The number of ether oxygens (including phenoxy) is 4. The summed E-state index contributed by atoms with van der Waals surface area (Å²) in [6, 6.07) is 11.7. The van der Waals surface area contributed by atoms with Crippen molar-refractivity contribution in [3.05, 3.63) is 58.8 Å². The zero-order chi connectivity index (χ0) is 17.7. The Kier molecular flexibility index (Phi) is 3.31. The lowest BCUT2D eigenvalue weighted by Gasteiger charge is -2.28. The maximum atomic E-state index is 12.5. The molecule has 132 valence electrons. The van der Waals surface area contributed by atoms with Crippen LogP contribution >= 0.6 is 0 Å². The van der Waals surface area contributed by atoms with Crippen LogP contribution in [0.5, 0.6) is 17.2 Å². The van der Waals surface area contributed by atoms with Gasteiger partial charge in [0.15, 0.2) is 11.5 Å². The molecule has 26 heavy (non-hydrogen) atoms. The summed E-state index contributed by atoms with van der Waals surface area (Å²) in [5.41, 5.74) is 4.19. The summed E-state index contributed by atoms with van der Waals surface area (Å²) in [7, 11) is 0. The van der Waals surface area contributed by atoms with E-state index in [1.165, 1.54) is 0 Å². The van der Waals surface area contributed by atoms with Gasteiger partial charge >= 0.3 is 5.97 Å². The van der Waals surface area contributed by atoms with Crippen molar-refractivity contribution in [2.45, 2.75) is 12.8 Å². The van der Waals surface area contributed by atoms with Crippen LogP contribution in [0.15, 0.2) is 47.7 Å². The van der Waals surface area contributed by atoms with Crippen LogP contribution in [-0.4, -0.2) is 26.0 Å². The molecule has 6 heteroatoms. The van der Waals surface area contributed by atoms with Gasteiger partial charge in [-0.1, -0.05) is 18.2 Å². The first-order valence-electron chi connectivity index (χ1n) is 8.58. The normalized spacial score (nSPS) is 19.6. The second kappa shape index (κ2) is 5.69. The molecule has 1 atom stereocenters. The lowest BCUT2D eigenvalue weighted by molar-refractivity contribution is -0.136. The molecule has 2 aromatic carbocycles. The van der Waals surface area contributed by atoms with E-state index in [-0.39, 0.29) is 25.3 Å². The van der Waals surface area contributed by atoms with Crippen molar-refractivity contribution < 1.29 is 23.7 Å². The molecule has 1 N–H and O–H groups in total. The summed E-state index contributed by atoms with van der Waals surface area (Å²) in [5, 5.41) is 3.33. The molecule has 0 fully saturated rings. The predicted octanol–water partition coefficient (Wildman–Crippen LogP) is 3.18.